The molecule has 1 aromatic rings. The Kier molecular flexibility index (Phi) is 2.36. The van der Waals surface area contributed by atoms with E-state index in [1.165, 1.54) is 16.7 Å². The molecule has 1 N–H and O–H groups in total. The van der Waals surface area contributed by atoms with Crippen molar-refractivity contribution in [1.82, 2.24) is 0 Å². The third-order valence-corrected chi connectivity index (χ3v) is 3.41. The fraction of sp³-hybridized carbons (Fsp3) is 0.538. The third kappa shape index (κ3) is 1.57. The van der Waals surface area contributed by atoms with E-state index >= 15 is 0 Å². The molecule has 0 saturated heterocycles. The number of hydrogen-bond donors (Lipinski definition) is 1. The summed E-state index contributed by atoms with van der Waals surface area (Å²) in [5.41, 5.74) is 4.06. The normalized spacial score (nSPS) is 31.3. The van der Waals surface area contributed by atoms with Crippen LogP contribution in [0.25, 0.3) is 0 Å². The largest absolute Gasteiger partial charge is 0.393 e. The maximum atomic E-state index is 9.49. The average Bonchev–Trinajstić information content (AvgIpc) is 2.11. The highest BCUT2D eigenvalue weighted by molar-refractivity contribution is 5.33. The summed E-state index contributed by atoms with van der Waals surface area (Å²) in [6.45, 7) is 6.41. The van der Waals surface area contributed by atoms with Gasteiger partial charge in [-0.3, -0.25) is 0 Å². The molecule has 2 rings (SSSR count). The molecule has 0 spiro atoms. The van der Waals surface area contributed by atoms with Crippen LogP contribution in [0.1, 0.15) is 36.0 Å². The zero-order chi connectivity index (χ0) is 10.3. The second-order valence-corrected chi connectivity index (χ2v) is 4.69. The lowest BCUT2D eigenvalue weighted by atomic mass is 9.68. The first-order chi connectivity index (χ1) is 6.58. The van der Waals surface area contributed by atoms with Crippen molar-refractivity contribution in [2.75, 3.05) is 0 Å². The zero-order valence-electron chi connectivity index (χ0n) is 9.12. The van der Waals surface area contributed by atoms with Gasteiger partial charge in [0, 0.05) is 0 Å². The van der Waals surface area contributed by atoms with Crippen molar-refractivity contribution < 1.29 is 5.11 Å². The van der Waals surface area contributed by atoms with Crippen LogP contribution in [0.5, 0.6) is 0 Å². The van der Waals surface area contributed by atoms with E-state index in [0.717, 1.165) is 6.42 Å². The van der Waals surface area contributed by atoms with Gasteiger partial charge < -0.3 is 5.11 Å². The molecule has 14 heavy (non-hydrogen) atoms. The standard InChI is InChI=1S/C13H18O/c1-8-4-9(2)6-11(5-8)12-7-13(14)10(12)3/h4-6,10,12-14H,7H2,1-3H3. The number of benzene rings is 1. The molecule has 0 heterocycles. The van der Waals surface area contributed by atoms with Crippen molar-refractivity contribution in [3.8, 4) is 0 Å². The molecule has 76 valence electrons. The van der Waals surface area contributed by atoms with Crippen molar-refractivity contribution in [2.24, 2.45) is 5.92 Å². The minimum atomic E-state index is -0.0826. The van der Waals surface area contributed by atoms with Crippen molar-refractivity contribution in [2.45, 2.75) is 39.2 Å². The molecule has 1 heteroatoms. The van der Waals surface area contributed by atoms with Crippen LogP contribution in [-0.4, -0.2) is 11.2 Å². The van der Waals surface area contributed by atoms with E-state index in [9.17, 15) is 5.11 Å². The van der Waals surface area contributed by atoms with Gasteiger partial charge in [0.2, 0.25) is 0 Å². The summed E-state index contributed by atoms with van der Waals surface area (Å²) >= 11 is 0. The molecule has 0 aromatic heterocycles. The summed E-state index contributed by atoms with van der Waals surface area (Å²) in [7, 11) is 0. The molecule has 1 saturated carbocycles. The van der Waals surface area contributed by atoms with E-state index in [-0.39, 0.29) is 6.10 Å². The Morgan fingerprint density at radius 3 is 2.14 bits per heavy atom. The third-order valence-electron chi connectivity index (χ3n) is 3.41. The second-order valence-electron chi connectivity index (χ2n) is 4.69. The second kappa shape index (κ2) is 3.39. The summed E-state index contributed by atoms with van der Waals surface area (Å²) in [6, 6.07) is 6.70. The Labute approximate surface area is 85.8 Å². The zero-order valence-corrected chi connectivity index (χ0v) is 9.12. The molecule has 1 aliphatic carbocycles. The Morgan fingerprint density at radius 1 is 1.14 bits per heavy atom. The van der Waals surface area contributed by atoms with Gasteiger partial charge in [0.1, 0.15) is 0 Å². The van der Waals surface area contributed by atoms with Gasteiger partial charge in [-0.15, -0.1) is 0 Å². The maximum absolute atomic E-state index is 9.49. The monoisotopic (exact) mass is 190 g/mol. The Hall–Kier alpha value is -0.820. The van der Waals surface area contributed by atoms with Crippen LogP contribution in [0, 0.1) is 19.8 Å². The van der Waals surface area contributed by atoms with Crippen molar-refractivity contribution >= 4 is 0 Å². The van der Waals surface area contributed by atoms with Gasteiger partial charge in [-0.2, -0.15) is 0 Å². The Balaban J connectivity index is 2.25. The van der Waals surface area contributed by atoms with E-state index in [1.807, 2.05) is 0 Å². The summed E-state index contributed by atoms with van der Waals surface area (Å²) in [4.78, 5) is 0. The first kappa shape index (κ1) is 9.72. The van der Waals surface area contributed by atoms with Gasteiger partial charge >= 0.3 is 0 Å². The lowest BCUT2D eigenvalue weighted by Gasteiger charge is -2.40. The van der Waals surface area contributed by atoms with Crippen LogP contribution in [0.15, 0.2) is 18.2 Å². The van der Waals surface area contributed by atoms with Crippen molar-refractivity contribution in [3.63, 3.8) is 0 Å². The first-order valence-electron chi connectivity index (χ1n) is 5.34. The van der Waals surface area contributed by atoms with Gasteiger partial charge in [0.05, 0.1) is 6.10 Å². The maximum Gasteiger partial charge on any atom is 0.0577 e. The van der Waals surface area contributed by atoms with Gasteiger partial charge in [0.25, 0.3) is 0 Å². The molecular formula is C13H18O. The predicted molar refractivity (Wildman–Crippen MR) is 58.4 cm³/mol. The molecule has 0 radical (unpaired) electrons. The number of rotatable bonds is 1. The van der Waals surface area contributed by atoms with Gasteiger partial charge in [-0.05, 0) is 37.7 Å². The number of aliphatic hydroxyl groups excluding tert-OH is 1. The summed E-state index contributed by atoms with van der Waals surface area (Å²) in [5.74, 6) is 1.000. The highest BCUT2D eigenvalue weighted by Gasteiger charge is 2.37. The van der Waals surface area contributed by atoms with E-state index < -0.39 is 0 Å². The molecule has 3 unspecified atom stereocenters. The van der Waals surface area contributed by atoms with Crippen LogP contribution in [0.4, 0.5) is 0 Å². The highest BCUT2D eigenvalue weighted by atomic mass is 16.3. The predicted octanol–water partition coefficient (Wildman–Crippen LogP) is 2.79. The van der Waals surface area contributed by atoms with Crippen molar-refractivity contribution in [3.05, 3.63) is 34.9 Å². The fourth-order valence-corrected chi connectivity index (χ4v) is 2.43. The molecule has 0 amide bonds. The molecule has 3 atom stereocenters. The van der Waals surface area contributed by atoms with E-state index in [2.05, 4.69) is 39.0 Å². The molecule has 1 aromatic carbocycles. The minimum absolute atomic E-state index is 0.0826. The van der Waals surface area contributed by atoms with E-state index in [4.69, 9.17) is 0 Å². The molecule has 1 nitrogen and oxygen atoms in total. The topological polar surface area (TPSA) is 20.2 Å². The van der Waals surface area contributed by atoms with Gasteiger partial charge in [-0.25, -0.2) is 0 Å². The smallest absolute Gasteiger partial charge is 0.0577 e. The van der Waals surface area contributed by atoms with Crippen LogP contribution in [-0.2, 0) is 0 Å². The minimum Gasteiger partial charge on any atom is -0.393 e. The molecule has 1 aliphatic rings. The van der Waals surface area contributed by atoms with E-state index in [1.54, 1.807) is 0 Å². The number of aliphatic hydroxyl groups is 1. The molecule has 0 aliphatic heterocycles. The van der Waals surface area contributed by atoms with Crippen molar-refractivity contribution in [1.29, 1.82) is 0 Å². The molecule has 1 fully saturated rings. The van der Waals surface area contributed by atoms with E-state index in [0.29, 0.717) is 11.8 Å². The van der Waals surface area contributed by atoms with Crippen LogP contribution >= 0.6 is 0 Å². The Bertz CT molecular complexity index is 323. The number of aryl methyl sites for hydroxylation is 2. The van der Waals surface area contributed by atoms with Crippen LogP contribution < -0.4 is 0 Å². The summed E-state index contributed by atoms with van der Waals surface area (Å²) in [6.07, 6.45) is 0.852. The van der Waals surface area contributed by atoms with Crippen LogP contribution in [0.3, 0.4) is 0 Å². The van der Waals surface area contributed by atoms with Gasteiger partial charge in [-0.1, -0.05) is 36.2 Å². The summed E-state index contributed by atoms with van der Waals surface area (Å²) in [5, 5.41) is 9.49. The van der Waals surface area contributed by atoms with Gasteiger partial charge in [0.15, 0.2) is 0 Å². The molecule has 0 bridgehead atoms. The quantitative estimate of drug-likeness (QED) is 0.722. The average molecular weight is 190 g/mol. The number of hydrogen-bond acceptors (Lipinski definition) is 1. The Morgan fingerprint density at radius 2 is 1.71 bits per heavy atom. The SMILES string of the molecule is Cc1cc(C)cc(C2CC(O)C2C)c1. The fourth-order valence-electron chi connectivity index (χ4n) is 2.43. The summed E-state index contributed by atoms with van der Waals surface area (Å²) < 4.78 is 0. The highest BCUT2D eigenvalue weighted by Crippen LogP contribution is 2.42. The molecular weight excluding hydrogens is 172 g/mol. The lowest BCUT2D eigenvalue weighted by Crippen LogP contribution is -2.37. The first-order valence-corrected chi connectivity index (χ1v) is 5.34. The lowest BCUT2D eigenvalue weighted by molar-refractivity contribution is 0.0117. The van der Waals surface area contributed by atoms with Crippen LogP contribution in [0.2, 0.25) is 0 Å².